The lowest BCUT2D eigenvalue weighted by Crippen LogP contribution is -2.32. The second-order valence-corrected chi connectivity index (χ2v) is 6.67. The highest BCUT2D eigenvalue weighted by Crippen LogP contribution is 2.25. The molecule has 128 valence electrons. The van der Waals surface area contributed by atoms with E-state index in [1.54, 1.807) is 0 Å². The molecule has 2 rings (SSSR count). The average Bonchev–Trinajstić information content (AvgIpc) is 3.03. The Labute approximate surface area is 139 Å². The van der Waals surface area contributed by atoms with Gasteiger partial charge in [0.05, 0.1) is 6.10 Å². The fraction of sp³-hybridized carbons (Fsp3) is 0.611. The van der Waals surface area contributed by atoms with E-state index in [1.165, 1.54) is 18.5 Å². The molecule has 1 atom stereocenters. The van der Waals surface area contributed by atoms with Gasteiger partial charge in [0, 0.05) is 31.0 Å². The lowest BCUT2D eigenvalue weighted by atomic mass is 10.0. The molecule has 1 aliphatic rings. The van der Waals surface area contributed by atoms with Crippen molar-refractivity contribution < 1.29 is 9.90 Å². The molecule has 5 heteroatoms. The van der Waals surface area contributed by atoms with E-state index in [9.17, 15) is 9.90 Å². The van der Waals surface area contributed by atoms with E-state index in [1.807, 2.05) is 26.8 Å². The SMILES string of the molecule is Cc1cc(N2CCCC2)ccc1NC(=O)NCCC(O)C(C)C. The number of aryl methyl sites for hydroxylation is 1. The van der Waals surface area contributed by atoms with Gasteiger partial charge in [0.2, 0.25) is 0 Å². The molecule has 1 heterocycles. The number of anilines is 2. The van der Waals surface area contributed by atoms with E-state index in [-0.39, 0.29) is 18.1 Å². The third kappa shape index (κ3) is 5.13. The smallest absolute Gasteiger partial charge is 0.319 e. The number of nitrogens with one attached hydrogen (secondary N) is 2. The van der Waals surface area contributed by atoms with Gasteiger partial charge in [-0.1, -0.05) is 13.8 Å². The minimum absolute atomic E-state index is 0.209. The lowest BCUT2D eigenvalue weighted by molar-refractivity contribution is 0.117. The zero-order valence-corrected chi connectivity index (χ0v) is 14.4. The minimum atomic E-state index is -0.378. The number of aliphatic hydroxyl groups excluding tert-OH is 1. The summed E-state index contributed by atoms with van der Waals surface area (Å²) >= 11 is 0. The van der Waals surface area contributed by atoms with Crippen LogP contribution in [0.3, 0.4) is 0 Å². The van der Waals surface area contributed by atoms with Gasteiger partial charge in [-0.25, -0.2) is 4.79 Å². The van der Waals surface area contributed by atoms with E-state index >= 15 is 0 Å². The molecule has 3 N–H and O–H groups in total. The van der Waals surface area contributed by atoms with Crippen molar-refractivity contribution in [1.82, 2.24) is 5.32 Å². The Morgan fingerprint density at radius 1 is 1.30 bits per heavy atom. The van der Waals surface area contributed by atoms with Crippen molar-refractivity contribution in [3.05, 3.63) is 23.8 Å². The molecule has 1 aromatic rings. The van der Waals surface area contributed by atoms with Crippen LogP contribution in [-0.2, 0) is 0 Å². The van der Waals surface area contributed by atoms with Crippen LogP contribution >= 0.6 is 0 Å². The number of rotatable bonds is 6. The second-order valence-electron chi connectivity index (χ2n) is 6.67. The number of hydrogen-bond acceptors (Lipinski definition) is 3. The predicted molar refractivity (Wildman–Crippen MR) is 95.1 cm³/mol. The van der Waals surface area contributed by atoms with Crippen LogP contribution < -0.4 is 15.5 Å². The summed E-state index contributed by atoms with van der Waals surface area (Å²) in [5.41, 5.74) is 3.12. The maximum atomic E-state index is 11.9. The van der Waals surface area contributed by atoms with Gasteiger partial charge in [-0.3, -0.25) is 0 Å². The summed E-state index contributed by atoms with van der Waals surface area (Å²) in [5, 5.41) is 15.4. The Kier molecular flexibility index (Phi) is 6.28. The largest absolute Gasteiger partial charge is 0.393 e. The summed E-state index contributed by atoms with van der Waals surface area (Å²) in [6.07, 6.45) is 2.70. The molecule has 1 aliphatic heterocycles. The molecule has 0 radical (unpaired) electrons. The number of benzene rings is 1. The predicted octanol–water partition coefficient (Wildman–Crippen LogP) is 3.12. The third-order valence-corrected chi connectivity index (χ3v) is 4.42. The molecule has 1 saturated heterocycles. The number of urea groups is 1. The Hall–Kier alpha value is -1.75. The fourth-order valence-corrected chi connectivity index (χ4v) is 2.79. The van der Waals surface area contributed by atoms with Gasteiger partial charge in [-0.05, 0) is 55.9 Å². The number of carbonyl (C=O) groups is 1. The van der Waals surface area contributed by atoms with E-state index in [0.717, 1.165) is 24.3 Å². The van der Waals surface area contributed by atoms with Crippen LogP contribution in [0.15, 0.2) is 18.2 Å². The molecule has 1 aromatic carbocycles. The van der Waals surface area contributed by atoms with Crippen molar-refractivity contribution in [3.63, 3.8) is 0 Å². The topological polar surface area (TPSA) is 64.6 Å². The molecule has 2 amide bonds. The first-order valence-corrected chi connectivity index (χ1v) is 8.56. The van der Waals surface area contributed by atoms with Crippen molar-refractivity contribution in [2.75, 3.05) is 29.9 Å². The summed E-state index contributed by atoms with van der Waals surface area (Å²) in [5.74, 6) is 0.209. The van der Waals surface area contributed by atoms with Crippen molar-refractivity contribution in [2.24, 2.45) is 5.92 Å². The summed E-state index contributed by atoms with van der Waals surface area (Å²) in [4.78, 5) is 14.3. The molecular weight excluding hydrogens is 290 g/mol. The number of aliphatic hydroxyl groups is 1. The molecule has 0 bridgehead atoms. The molecule has 23 heavy (non-hydrogen) atoms. The Bertz CT molecular complexity index is 525. The number of hydrogen-bond donors (Lipinski definition) is 3. The van der Waals surface area contributed by atoms with E-state index < -0.39 is 0 Å². The van der Waals surface area contributed by atoms with Gasteiger partial charge in [0.25, 0.3) is 0 Å². The van der Waals surface area contributed by atoms with E-state index in [0.29, 0.717) is 13.0 Å². The average molecular weight is 319 g/mol. The molecule has 1 unspecified atom stereocenters. The van der Waals surface area contributed by atoms with Crippen LogP contribution in [-0.4, -0.2) is 36.9 Å². The molecule has 0 aliphatic carbocycles. The second kappa shape index (κ2) is 8.20. The zero-order chi connectivity index (χ0) is 16.8. The number of nitrogens with zero attached hydrogens (tertiary/aromatic N) is 1. The van der Waals surface area contributed by atoms with Crippen LogP contribution in [0.5, 0.6) is 0 Å². The van der Waals surface area contributed by atoms with E-state index in [4.69, 9.17) is 0 Å². The molecule has 0 aromatic heterocycles. The first kappa shape index (κ1) is 17.6. The zero-order valence-electron chi connectivity index (χ0n) is 14.4. The van der Waals surface area contributed by atoms with Gasteiger partial charge in [0.1, 0.15) is 0 Å². The van der Waals surface area contributed by atoms with Crippen LogP contribution in [0.2, 0.25) is 0 Å². The van der Waals surface area contributed by atoms with Crippen LogP contribution in [0.1, 0.15) is 38.7 Å². The third-order valence-electron chi connectivity index (χ3n) is 4.42. The van der Waals surface area contributed by atoms with Crippen molar-refractivity contribution >= 4 is 17.4 Å². The quantitative estimate of drug-likeness (QED) is 0.755. The van der Waals surface area contributed by atoms with Gasteiger partial charge < -0.3 is 20.6 Å². The Morgan fingerprint density at radius 3 is 2.61 bits per heavy atom. The summed E-state index contributed by atoms with van der Waals surface area (Å²) < 4.78 is 0. The molecule has 1 fully saturated rings. The van der Waals surface area contributed by atoms with Gasteiger partial charge in [0.15, 0.2) is 0 Å². The molecule has 0 spiro atoms. The number of amides is 2. The van der Waals surface area contributed by atoms with E-state index in [2.05, 4.69) is 27.7 Å². The summed E-state index contributed by atoms with van der Waals surface area (Å²) in [6.45, 7) is 8.65. The lowest BCUT2D eigenvalue weighted by Gasteiger charge is -2.19. The highest BCUT2D eigenvalue weighted by molar-refractivity contribution is 5.90. The monoisotopic (exact) mass is 319 g/mol. The van der Waals surface area contributed by atoms with Crippen molar-refractivity contribution in [3.8, 4) is 0 Å². The minimum Gasteiger partial charge on any atom is -0.393 e. The summed E-state index contributed by atoms with van der Waals surface area (Å²) in [7, 11) is 0. The fourth-order valence-electron chi connectivity index (χ4n) is 2.79. The normalized spacial score (nSPS) is 15.8. The standard InChI is InChI=1S/C18H29N3O2/c1-13(2)17(22)8-9-19-18(23)20-16-7-6-15(12-14(16)3)21-10-4-5-11-21/h6-7,12-13,17,22H,4-5,8-11H2,1-3H3,(H2,19,20,23). The van der Waals surface area contributed by atoms with Gasteiger partial charge in [-0.15, -0.1) is 0 Å². The van der Waals surface area contributed by atoms with Crippen LogP contribution in [0.25, 0.3) is 0 Å². The molecule has 0 saturated carbocycles. The van der Waals surface area contributed by atoms with Crippen LogP contribution in [0, 0.1) is 12.8 Å². The summed E-state index contributed by atoms with van der Waals surface area (Å²) in [6, 6.07) is 5.93. The molecular formula is C18H29N3O2. The van der Waals surface area contributed by atoms with Gasteiger partial charge >= 0.3 is 6.03 Å². The van der Waals surface area contributed by atoms with Crippen LogP contribution in [0.4, 0.5) is 16.2 Å². The number of carbonyl (C=O) groups excluding carboxylic acids is 1. The van der Waals surface area contributed by atoms with Crippen molar-refractivity contribution in [2.45, 2.75) is 46.1 Å². The molecule has 5 nitrogen and oxygen atoms in total. The first-order chi connectivity index (χ1) is 11.0. The maximum absolute atomic E-state index is 11.9. The maximum Gasteiger partial charge on any atom is 0.319 e. The van der Waals surface area contributed by atoms with Crippen molar-refractivity contribution in [1.29, 1.82) is 0 Å². The highest BCUT2D eigenvalue weighted by atomic mass is 16.3. The Morgan fingerprint density at radius 2 is 2.00 bits per heavy atom. The first-order valence-electron chi connectivity index (χ1n) is 8.56. The highest BCUT2D eigenvalue weighted by Gasteiger charge is 2.14. The Balaban J connectivity index is 1.83. The van der Waals surface area contributed by atoms with Gasteiger partial charge in [-0.2, -0.15) is 0 Å².